The van der Waals surface area contributed by atoms with Crippen LogP contribution >= 0.6 is 11.9 Å². The van der Waals surface area contributed by atoms with Crippen molar-refractivity contribution in [3.8, 4) is 22.4 Å². The van der Waals surface area contributed by atoms with Gasteiger partial charge in [0.25, 0.3) is 0 Å². The highest BCUT2D eigenvalue weighted by Gasteiger charge is 2.13. The first kappa shape index (κ1) is 25.9. The molecule has 0 aliphatic carbocycles. The van der Waals surface area contributed by atoms with E-state index in [0.29, 0.717) is 17.1 Å². The number of nitrogens with two attached hydrogens (primary N) is 4. The van der Waals surface area contributed by atoms with Crippen molar-refractivity contribution in [2.24, 2.45) is 27.7 Å². The molecule has 0 spiro atoms. The molecule has 0 bridgehead atoms. The average molecular weight is 511 g/mol. The zero-order valence-electron chi connectivity index (χ0n) is 20.3. The molecule has 0 atom stereocenters. The van der Waals surface area contributed by atoms with E-state index in [1.165, 1.54) is 11.1 Å². The van der Waals surface area contributed by atoms with Gasteiger partial charge in [0.15, 0.2) is 5.84 Å². The Balaban J connectivity index is 1.48. The number of nitrogens with zero attached hydrogens (tertiary/aromatic N) is 2. The maximum absolute atomic E-state index is 5.98. The molecule has 3 aromatic carbocycles. The van der Waals surface area contributed by atoms with Crippen LogP contribution in [0.2, 0.25) is 0 Å². The number of aromatic nitrogens is 1. The second-order valence-corrected chi connectivity index (χ2v) is 8.82. The third-order valence-electron chi connectivity index (χ3n) is 5.88. The van der Waals surface area contributed by atoms with Crippen LogP contribution in [0.5, 0.6) is 0 Å². The second kappa shape index (κ2) is 12.7. The first-order valence-corrected chi connectivity index (χ1v) is 12.6. The van der Waals surface area contributed by atoms with Crippen LogP contribution in [-0.4, -0.2) is 10.8 Å². The topological polar surface area (TPSA) is 153 Å². The van der Waals surface area contributed by atoms with Crippen LogP contribution in [0.4, 0.5) is 0 Å². The lowest BCUT2D eigenvalue weighted by Gasteiger charge is -2.13. The molecule has 0 fully saturated rings. The molecule has 4 rings (SSSR count). The van der Waals surface area contributed by atoms with Gasteiger partial charge in [-0.25, -0.2) is 5.84 Å². The first-order valence-electron chi connectivity index (χ1n) is 11.6. The van der Waals surface area contributed by atoms with E-state index in [9.17, 15) is 0 Å². The van der Waals surface area contributed by atoms with Gasteiger partial charge in [-0.1, -0.05) is 90.8 Å². The third-order valence-corrected chi connectivity index (χ3v) is 6.27. The first-order chi connectivity index (χ1) is 18.1. The van der Waals surface area contributed by atoms with Crippen LogP contribution < -0.4 is 33.3 Å². The van der Waals surface area contributed by atoms with E-state index in [1.54, 1.807) is 11.6 Å². The molecular formula is C28H30N8S. The van der Waals surface area contributed by atoms with Crippen LogP contribution in [0.25, 0.3) is 28.1 Å². The Hall–Kier alpha value is -4.15. The van der Waals surface area contributed by atoms with Gasteiger partial charge in [0, 0.05) is 47.1 Å². The third kappa shape index (κ3) is 6.54. The molecular weight excluding hydrogens is 480 g/mol. The maximum Gasteiger partial charge on any atom is 0.168 e. The molecule has 0 unspecified atom stereocenters. The fraction of sp³-hybridized carbons (Fsp3) is 0.0714. The Morgan fingerprint density at radius 3 is 2.11 bits per heavy atom. The molecule has 188 valence electrons. The summed E-state index contributed by atoms with van der Waals surface area (Å²) in [5, 5.41) is 14.4. The smallest absolute Gasteiger partial charge is 0.168 e. The van der Waals surface area contributed by atoms with Crippen LogP contribution in [0.3, 0.4) is 0 Å². The van der Waals surface area contributed by atoms with E-state index < -0.39 is 0 Å². The fourth-order valence-electron chi connectivity index (χ4n) is 3.95. The predicted molar refractivity (Wildman–Crippen MR) is 154 cm³/mol. The van der Waals surface area contributed by atoms with E-state index >= 15 is 0 Å². The number of hydrazone groups is 1. The molecule has 0 saturated heterocycles. The van der Waals surface area contributed by atoms with E-state index in [4.69, 9.17) is 27.5 Å². The van der Waals surface area contributed by atoms with Crippen LogP contribution in [-0.2, 0) is 13.1 Å². The number of amidine groups is 1. The summed E-state index contributed by atoms with van der Waals surface area (Å²) < 4.78 is 0. The van der Waals surface area contributed by atoms with Gasteiger partial charge in [0.1, 0.15) is 0 Å². The molecule has 0 radical (unpaired) electrons. The van der Waals surface area contributed by atoms with Gasteiger partial charge in [0.2, 0.25) is 0 Å². The maximum atomic E-state index is 5.98. The lowest BCUT2D eigenvalue weighted by atomic mass is 9.97. The normalized spacial score (nSPS) is 11.9. The number of hydrogen-bond acceptors (Lipinski definition) is 8. The molecule has 8 nitrogen and oxygen atoms in total. The average Bonchev–Trinajstić information content (AvgIpc) is 2.95. The standard InChI is InChI=1S/C28H30N8S/c29-26(18-37-32)22-10-6-19(7-11-22)15-33-16-20-8-12-23(13-9-20)27-25(21-4-2-1-3-5-21)14-24(17-34-27)28(35-30)36-31/h1-14,17-18,33H,15-16,29-32H2,(H,35,36)/b26-18-. The zero-order valence-corrected chi connectivity index (χ0v) is 21.1. The molecule has 0 aliphatic rings. The summed E-state index contributed by atoms with van der Waals surface area (Å²) in [6, 6.07) is 28.6. The Morgan fingerprint density at radius 2 is 1.51 bits per heavy atom. The quantitative estimate of drug-likeness (QED) is 0.0656. The van der Waals surface area contributed by atoms with Crippen LogP contribution in [0.15, 0.2) is 102 Å². The predicted octanol–water partition coefficient (Wildman–Crippen LogP) is 3.65. The Morgan fingerprint density at radius 1 is 0.865 bits per heavy atom. The van der Waals surface area contributed by atoms with Gasteiger partial charge < -0.3 is 22.3 Å². The molecule has 10 N–H and O–H groups in total. The summed E-state index contributed by atoms with van der Waals surface area (Å²) in [4.78, 5) is 4.74. The van der Waals surface area contributed by atoms with E-state index in [1.807, 2.05) is 48.5 Å². The van der Waals surface area contributed by atoms with Crippen molar-refractivity contribution >= 4 is 23.5 Å². The monoisotopic (exact) mass is 510 g/mol. The van der Waals surface area contributed by atoms with Crippen molar-refractivity contribution in [1.82, 2.24) is 15.7 Å². The number of pyridine rings is 1. The molecule has 1 aromatic heterocycles. The molecule has 1 heterocycles. The van der Waals surface area contributed by atoms with Gasteiger partial charge in [-0.15, -0.1) is 0 Å². The van der Waals surface area contributed by atoms with Crippen LogP contribution in [0, 0.1) is 0 Å². The highest BCUT2D eigenvalue weighted by molar-refractivity contribution is 8.00. The summed E-state index contributed by atoms with van der Waals surface area (Å²) in [7, 11) is 0. The Labute approximate surface area is 221 Å². The molecule has 0 aliphatic heterocycles. The number of hydrogen-bond donors (Lipinski definition) is 6. The number of hydrazine groups is 1. The highest BCUT2D eigenvalue weighted by Crippen LogP contribution is 2.31. The minimum atomic E-state index is 0.363. The lowest BCUT2D eigenvalue weighted by Crippen LogP contribution is -2.32. The number of nitrogens with one attached hydrogen (secondary N) is 2. The summed E-state index contributed by atoms with van der Waals surface area (Å²) in [5.74, 6) is 11.4. The summed E-state index contributed by atoms with van der Waals surface area (Å²) in [6.45, 7) is 1.49. The number of benzene rings is 3. The minimum absolute atomic E-state index is 0.363. The SMILES string of the molecule is N/N=C(\NN)c1cnc(-c2ccc(CNCc3ccc(/C(N)=C/SN)cc3)cc2)c(-c2ccccc2)c1. The van der Waals surface area contributed by atoms with Crippen LogP contribution in [0.1, 0.15) is 22.3 Å². The number of rotatable bonds is 9. The zero-order chi connectivity index (χ0) is 26.0. The molecule has 0 amide bonds. The van der Waals surface area contributed by atoms with E-state index in [2.05, 4.69) is 52.2 Å². The molecule has 0 saturated carbocycles. The summed E-state index contributed by atoms with van der Waals surface area (Å²) in [5.41, 5.74) is 17.1. The second-order valence-electron chi connectivity index (χ2n) is 8.31. The minimum Gasteiger partial charge on any atom is -0.398 e. The van der Waals surface area contributed by atoms with Gasteiger partial charge >= 0.3 is 0 Å². The van der Waals surface area contributed by atoms with Crippen molar-refractivity contribution in [3.05, 3.63) is 119 Å². The highest BCUT2D eigenvalue weighted by atomic mass is 32.2. The van der Waals surface area contributed by atoms with Crippen molar-refractivity contribution in [2.45, 2.75) is 13.1 Å². The lowest BCUT2D eigenvalue weighted by molar-refractivity contribution is 0.693. The van der Waals surface area contributed by atoms with Gasteiger partial charge in [0.05, 0.1) is 5.69 Å². The van der Waals surface area contributed by atoms with Crippen molar-refractivity contribution < 1.29 is 0 Å². The molecule has 37 heavy (non-hydrogen) atoms. The van der Waals surface area contributed by atoms with Gasteiger partial charge in [-0.2, -0.15) is 5.10 Å². The van der Waals surface area contributed by atoms with Crippen molar-refractivity contribution in [2.75, 3.05) is 0 Å². The largest absolute Gasteiger partial charge is 0.398 e. The molecule has 9 heteroatoms. The summed E-state index contributed by atoms with van der Waals surface area (Å²) >= 11 is 1.10. The van der Waals surface area contributed by atoms with Crippen molar-refractivity contribution in [3.63, 3.8) is 0 Å². The van der Waals surface area contributed by atoms with Gasteiger partial charge in [-0.05, 0) is 28.3 Å². The van der Waals surface area contributed by atoms with Gasteiger partial charge in [-0.3, -0.25) is 10.1 Å². The summed E-state index contributed by atoms with van der Waals surface area (Å²) in [6.07, 6.45) is 1.71. The van der Waals surface area contributed by atoms with Crippen molar-refractivity contribution in [1.29, 1.82) is 0 Å². The Kier molecular flexibility index (Phi) is 8.90. The Bertz CT molecular complexity index is 1370. The molecule has 4 aromatic rings. The van der Waals surface area contributed by atoms with E-state index in [-0.39, 0.29) is 0 Å². The fourth-order valence-corrected chi connectivity index (χ4v) is 4.23. The van der Waals surface area contributed by atoms with E-state index in [0.717, 1.165) is 53.0 Å².